The molecule has 0 bridgehead atoms. The average Bonchev–Trinajstić information content (AvgIpc) is 2.31. The summed E-state index contributed by atoms with van der Waals surface area (Å²) in [6.07, 6.45) is 0. The monoisotopic (exact) mass is 294 g/mol. The van der Waals surface area contributed by atoms with Crippen molar-refractivity contribution in [1.82, 2.24) is 5.43 Å². The summed E-state index contributed by atoms with van der Waals surface area (Å²) in [6, 6.07) is 11.6. The van der Waals surface area contributed by atoms with Crippen LogP contribution in [-0.2, 0) is 0 Å². The first-order valence-electron chi connectivity index (χ1n) is 6.00. The normalized spacial score (nSPS) is 12.5. The molecule has 0 radical (unpaired) electrons. The van der Waals surface area contributed by atoms with Gasteiger partial charge in [0.1, 0.15) is 0 Å². The molecular formula is C15H16Cl2N2. The lowest BCUT2D eigenvalue weighted by Gasteiger charge is -2.20. The number of hydrogen-bond donors (Lipinski definition) is 2. The van der Waals surface area contributed by atoms with Crippen LogP contribution in [0.15, 0.2) is 36.4 Å². The average molecular weight is 295 g/mol. The van der Waals surface area contributed by atoms with Gasteiger partial charge in [0.15, 0.2) is 0 Å². The number of hydrazine groups is 1. The van der Waals surface area contributed by atoms with E-state index < -0.39 is 0 Å². The highest BCUT2D eigenvalue weighted by Crippen LogP contribution is 2.29. The Balaban J connectivity index is 2.49. The van der Waals surface area contributed by atoms with Crippen LogP contribution in [-0.4, -0.2) is 0 Å². The minimum Gasteiger partial charge on any atom is -0.271 e. The molecule has 0 amide bonds. The number of benzene rings is 2. The molecule has 1 unspecified atom stereocenters. The summed E-state index contributed by atoms with van der Waals surface area (Å²) in [6.45, 7) is 4.14. The van der Waals surface area contributed by atoms with Crippen molar-refractivity contribution in [3.63, 3.8) is 0 Å². The highest BCUT2D eigenvalue weighted by atomic mass is 35.5. The van der Waals surface area contributed by atoms with Crippen LogP contribution in [0.2, 0.25) is 10.0 Å². The van der Waals surface area contributed by atoms with Crippen molar-refractivity contribution in [2.75, 3.05) is 0 Å². The predicted molar refractivity (Wildman–Crippen MR) is 81.5 cm³/mol. The molecule has 0 saturated carbocycles. The van der Waals surface area contributed by atoms with E-state index in [2.05, 4.69) is 37.5 Å². The molecule has 0 aliphatic carbocycles. The van der Waals surface area contributed by atoms with E-state index in [0.717, 1.165) is 11.1 Å². The molecule has 0 aliphatic rings. The largest absolute Gasteiger partial charge is 0.271 e. The highest BCUT2D eigenvalue weighted by Gasteiger charge is 2.15. The fourth-order valence-electron chi connectivity index (χ4n) is 2.26. The Labute approximate surface area is 123 Å². The summed E-state index contributed by atoms with van der Waals surface area (Å²) in [5.74, 6) is 5.71. The van der Waals surface area contributed by atoms with E-state index >= 15 is 0 Å². The predicted octanol–water partition coefficient (Wildman–Crippen LogP) is 4.16. The highest BCUT2D eigenvalue weighted by molar-refractivity contribution is 6.34. The Morgan fingerprint density at radius 2 is 1.63 bits per heavy atom. The molecular weight excluding hydrogens is 279 g/mol. The maximum absolute atomic E-state index is 6.05. The van der Waals surface area contributed by atoms with Crippen molar-refractivity contribution < 1.29 is 0 Å². The van der Waals surface area contributed by atoms with Gasteiger partial charge in [-0.1, -0.05) is 47.0 Å². The van der Waals surface area contributed by atoms with Crippen molar-refractivity contribution in [2.45, 2.75) is 19.9 Å². The molecule has 0 aliphatic heterocycles. The molecule has 2 aromatic rings. The van der Waals surface area contributed by atoms with Gasteiger partial charge in [0.05, 0.1) is 6.04 Å². The number of aryl methyl sites for hydroxylation is 2. The smallest absolute Gasteiger partial charge is 0.0713 e. The first-order chi connectivity index (χ1) is 9.01. The lowest BCUT2D eigenvalue weighted by Crippen LogP contribution is -2.29. The van der Waals surface area contributed by atoms with Crippen molar-refractivity contribution in [2.24, 2.45) is 5.84 Å². The van der Waals surface area contributed by atoms with Crippen LogP contribution >= 0.6 is 23.2 Å². The van der Waals surface area contributed by atoms with Crippen molar-refractivity contribution in [3.8, 4) is 0 Å². The van der Waals surface area contributed by atoms with Crippen LogP contribution in [0, 0.1) is 13.8 Å². The van der Waals surface area contributed by atoms with Crippen LogP contribution in [0.5, 0.6) is 0 Å². The summed E-state index contributed by atoms with van der Waals surface area (Å²) in [4.78, 5) is 0. The number of halogens is 2. The van der Waals surface area contributed by atoms with Crippen molar-refractivity contribution in [1.29, 1.82) is 0 Å². The van der Waals surface area contributed by atoms with Crippen molar-refractivity contribution in [3.05, 3.63) is 68.7 Å². The Morgan fingerprint density at radius 3 is 2.16 bits per heavy atom. The fourth-order valence-corrected chi connectivity index (χ4v) is 2.80. The van der Waals surface area contributed by atoms with Crippen LogP contribution < -0.4 is 11.3 Å². The zero-order valence-electron chi connectivity index (χ0n) is 10.9. The van der Waals surface area contributed by atoms with E-state index in [1.54, 1.807) is 6.07 Å². The quantitative estimate of drug-likeness (QED) is 0.659. The van der Waals surface area contributed by atoms with Crippen LogP contribution in [0.4, 0.5) is 0 Å². The molecule has 19 heavy (non-hydrogen) atoms. The third-order valence-electron chi connectivity index (χ3n) is 3.12. The van der Waals surface area contributed by atoms with Crippen LogP contribution in [0.25, 0.3) is 0 Å². The van der Waals surface area contributed by atoms with Gasteiger partial charge in [0.25, 0.3) is 0 Å². The second-order valence-corrected chi connectivity index (χ2v) is 5.54. The van der Waals surface area contributed by atoms with Gasteiger partial charge in [0.2, 0.25) is 0 Å². The summed E-state index contributed by atoms with van der Waals surface area (Å²) in [5.41, 5.74) is 7.30. The molecule has 2 aromatic carbocycles. The minimum absolute atomic E-state index is 0.128. The number of hydrogen-bond acceptors (Lipinski definition) is 2. The summed E-state index contributed by atoms with van der Waals surface area (Å²) >= 11 is 12.1. The van der Waals surface area contributed by atoms with Crippen LogP contribution in [0.1, 0.15) is 28.3 Å². The standard InChI is InChI=1S/C15H16Cl2N2/c1-9-3-4-14(10(2)5-9)15(19-18)11-6-12(16)8-13(17)7-11/h3-8,15,19H,18H2,1-2H3. The Bertz CT molecular complexity index is 576. The zero-order chi connectivity index (χ0) is 14.0. The lowest BCUT2D eigenvalue weighted by molar-refractivity contribution is 0.633. The first kappa shape index (κ1) is 14.4. The molecule has 2 rings (SSSR count). The van der Waals surface area contributed by atoms with Gasteiger partial charge in [-0.15, -0.1) is 0 Å². The van der Waals surface area contributed by atoms with E-state index in [9.17, 15) is 0 Å². The maximum Gasteiger partial charge on any atom is 0.0713 e. The summed E-state index contributed by atoms with van der Waals surface area (Å²) < 4.78 is 0. The molecule has 100 valence electrons. The second kappa shape index (κ2) is 5.93. The van der Waals surface area contributed by atoms with Gasteiger partial charge in [-0.05, 0) is 48.7 Å². The first-order valence-corrected chi connectivity index (χ1v) is 6.76. The van der Waals surface area contributed by atoms with Gasteiger partial charge in [0, 0.05) is 10.0 Å². The molecule has 2 nitrogen and oxygen atoms in total. The molecule has 0 fully saturated rings. The van der Waals surface area contributed by atoms with Gasteiger partial charge >= 0.3 is 0 Å². The molecule has 1 atom stereocenters. The Hall–Kier alpha value is -1.06. The SMILES string of the molecule is Cc1ccc(C(NN)c2cc(Cl)cc(Cl)c2)c(C)c1. The molecule has 0 heterocycles. The van der Waals surface area contributed by atoms with E-state index in [1.165, 1.54) is 11.1 Å². The number of nitrogens with one attached hydrogen (secondary N) is 1. The van der Waals surface area contributed by atoms with E-state index in [0.29, 0.717) is 10.0 Å². The summed E-state index contributed by atoms with van der Waals surface area (Å²) in [5, 5.41) is 1.21. The van der Waals surface area contributed by atoms with E-state index in [1.807, 2.05) is 12.1 Å². The lowest BCUT2D eigenvalue weighted by atomic mass is 9.94. The van der Waals surface area contributed by atoms with Gasteiger partial charge < -0.3 is 0 Å². The molecule has 0 saturated heterocycles. The summed E-state index contributed by atoms with van der Waals surface area (Å²) in [7, 11) is 0. The number of rotatable bonds is 3. The Kier molecular flexibility index (Phi) is 4.48. The minimum atomic E-state index is -0.128. The van der Waals surface area contributed by atoms with E-state index in [4.69, 9.17) is 29.0 Å². The van der Waals surface area contributed by atoms with Crippen molar-refractivity contribution >= 4 is 23.2 Å². The zero-order valence-corrected chi connectivity index (χ0v) is 12.4. The molecule has 3 N–H and O–H groups in total. The third-order valence-corrected chi connectivity index (χ3v) is 3.56. The Morgan fingerprint density at radius 1 is 1.00 bits per heavy atom. The topological polar surface area (TPSA) is 38.0 Å². The van der Waals surface area contributed by atoms with Gasteiger partial charge in [-0.3, -0.25) is 5.84 Å². The van der Waals surface area contributed by atoms with Gasteiger partial charge in [-0.2, -0.15) is 0 Å². The van der Waals surface area contributed by atoms with Gasteiger partial charge in [-0.25, -0.2) is 5.43 Å². The fraction of sp³-hybridized carbons (Fsp3) is 0.200. The third kappa shape index (κ3) is 3.28. The molecule has 0 aromatic heterocycles. The number of nitrogens with two attached hydrogens (primary N) is 1. The van der Waals surface area contributed by atoms with E-state index in [-0.39, 0.29) is 6.04 Å². The maximum atomic E-state index is 6.05. The molecule has 0 spiro atoms. The molecule has 4 heteroatoms. The van der Waals surface area contributed by atoms with Crippen LogP contribution in [0.3, 0.4) is 0 Å². The second-order valence-electron chi connectivity index (χ2n) is 4.66.